The molecular formula is C15H26N2O2. The minimum atomic E-state index is 0.738. The summed E-state index contributed by atoms with van der Waals surface area (Å²) in [6.07, 6.45) is 0. The zero-order chi connectivity index (χ0) is 14.1. The lowest BCUT2D eigenvalue weighted by Gasteiger charge is -2.12. The highest BCUT2D eigenvalue weighted by Crippen LogP contribution is 2.19. The highest BCUT2D eigenvalue weighted by Gasteiger charge is 2.02. The molecule has 1 N–H and O–H groups in total. The van der Waals surface area contributed by atoms with Crippen molar-refractivity contribution in [3.05, 3.63) is 29.3 Å². The van der Waals surface area contributed by atoms with E-state index in [0.717, 1.165) is 38.6 Å². The summed E-state index contributed by atoms with van der Waals surface area (Å²) in [6.45, 7) is 6.23. The standard InChI is InChI=1S/C15H26N2O2/c1-13-5-6-15(18-4)14(11-13)12-16-7-9-19-10-8-17(2)3/h5-6,11,16H,7-10,12H2,1-4H3. The number of hydrogen-bond donors (Lipinski definition) is 1. The van der Waals surface area contributed by atoms with Crippen molar-refractivity contribution in [3.63, 3.8) is 0 Å². The molecule has 0 aliphatic rings. The molecular weight excluding hydrogens is 240 g/mol. The van der Waals surface area contributed by atoms with Gasteiger partial charge in [-0.2, -0.15) is 0 Å². The Morgan fingerprint density at radius 1 is 1.21 bits per heavy atom. The van der Waals surface area contributed by atoms with Crippen LogP contribution in [0, 0.1) is 6.92 Å². The van der Waals surface area contributed by atoms with Crippen molar-refractivity contribution in [2.75, 3.05) is 47.5 Å². The Hall–Kier alpha value is -1.10. The maximum Gasteiger partial charge on any atom is 0.123 e. The van der Waals surface area contributed by atoms with E-state index in [-0.39, 0.29) is 0 Å². The van der Waals surface area contributed by atoms with Crippen molar-refractivity contribution >= 4 is 0 Å². The van der Waals surface area contributed by atoms with E-state index in [1.54, 1.807) is 7.11 Å². The normalized spacial score (nSPS) is 11.0. The Morgan fingerprint density at radius 2 is 2.00 bits per heavy atom. The molecule has 4 nitrogen and oxygen atoms in total. The molecule has 108 valence electrons. The molecule has 0 saturated heterocycles. The lowest BCUT2D eigenvalue weighted by molar-refractivity contribution is 0.119. The number of nitrogens with zero attached hydrogens (tertiary/aromatic N) is 1. The summed E-state index contributed by atoms with van der Waals surface area (Å²) in [7, 11) is 5.80. The maximum atomic E-state index is 5.53. The minimum Gasteiger partial charge on any atom is -0.496 e. The molecule has 0 saturated carbocycles. The molecule has 1 aromatic rings. The van der Waals surface area contributed by atoms with Crippen LogP contribution in [0.4, 0.5) is 0 Å². The molecule has 0 fully saturated rings. The van der Waals surface area contributed by atoms with Crippen LogP contribution in [0.5, 0.6) is 5.75 Å². The molecule has 0 amide bonds. The van der Waals surface area contributed by atoms with E-state index < -0.39 is 0 Å². The van der Waals surface area contributed by atoms with E-state index in [4.69, 9.17) is 9.47 Å². The third kappa shape index (κ3) is 6.57. The summed E-state index contributed by atoms with van der Waals surface area (Å²) in [6, 6.07) is 6.23. The van der Waals surface area contributed by atoms with E-state index in [1.165, 1.54) is 11.1 Å². The first-order valence-corrected chi connectivity index (χ1v) is 6.70. The molecule has 0 radical (unpaired) electrons. The SMILES string of the molecule is COc1ccc(C)cc1CNCCOCCN(C)C. The number of rotatable bonds is 9. The van der Waals surface area contributed by atoms with E-state index in [0.29, 0.717) is 0 Å². The van der Waals surface area contributed by atoms with Gasteiger partial charge in [-0.3, -0.25) is 0 Å². The van der Waals surface area contributed by atoms with E-state index in [9.17, 15) is 0 Å². The summed E-state index contributed by atoms with van der Waals surface area (Å²) in [5.74, 6) is 0.937. The van der Waals surface area contributed by atoms with Gasteiger partial charge in [-0.05, 0) is 27.1 Å². The van der Waals surface area contributed by atoms with Crippen molar-refractivity contribution in [1.29, 1.82) is 0 Å². The van der Waals surface area contributed by atoms with Gasteiger partial charge in [-0.25, -0.2) is 0 Å². The van der Waals surface area contributed by atoms with Crippen LogP contribution in [0.3, 0.4) is 0 Å². The van der Waals surface area contributed by atoms with Gasteiger partial charge in [0, 0.05) is 25.2 Å². The fourth-order valence-electron chi connectivity index (χ4n) is 1.76. The van der Waals surface area contributed by atoms with Crippen molar-refractivity contribution in [2.24, 2.45) is 0 Å². The van der Waals surface area contributed by atoms with Crippen molar-refractivity contribution in [2.45, 2.75) is 13.5 Å². The molecule has 0 unspecified atom stereocenters. The number of likely N-dealkylation sites (N-methyl/N-ethyl adjacent to an activating group) is 1. The quantitative estimate of drug-likeness (QED) is 0.689. The van der Waals surface area contributed by atoms with Gasteiger partial charge in [0.25, 0.3) is 0 Å². The third-order valence-corrected chi connectivity index (χ3v) is 2.86. The first-order chi connectivity index (χ1) is 9.13. The van der Waals surface area contributed by atoms with Crippen LogP contribution < -0.4 is 10.1 Å². The minimum absolute atomic E-state index is 0.738. The Morgan fingerprint density at radius 3 is 2.68 bits per heavy atom. The van der Waals surface area contributed by atoms with E-state index in [1.807, 2.05) is 20.2 Å². The Labute approximate surface area is 116 Å². The molecule has 0 bridgehead atoms. The van der Waals surface area contributed by atoms with Gasteiger partial charge in [0.1, 0.15) is 5.75 Å². The second-order valence-electron chi connectivity index (χ2n) is 4.91. The molecule has 1 rings (SSSR count). The summed E-state index contributed by atoms with van der Waals surface area (Å²) in [5.41, 5.74) is 2.44. The molecule has 4 heteroatoms. The van der Waals surface area contributed by atoms with Crippen LogP contribution in [-0.2, 0) is 11.3 Å². The lowest BCUT2D eigenvalue weighted by Crippen LogP contribution is -2.23. The number of ether oxygens (including phenoxy) is 2. The van der Waals surface area contributed by atoms with Crippen LogP contribution in [-0.4, -0.2) is 52.4 Å². The molecule has 0 atom stereocenters. The summed E-state index contributed by atoms with van der Waals surface area (Å²) >= 11 is 0. The van der Waals surface area contributed by atoms with Gasteiger partial charge in [0.2, 0.25) is 0 Å². The van der Waals surface area contributed by atoms with Gasteiger partial charge in [0.15, 0.2) is 0 Å². The van der Waals surface area contributed by atoms with Gasteiger partial charge in [-0.15, -0.1) is 0 Å². The van der Waals surface area contributed by atoms with E-state index in [2.05, 4.69) is 29.3 Å². The third-order valence-electron chi connectivity index (χ3n) is 2.86. The number of methoxy groups -OCH3 is 1. The fraction of sp³-hybridized carbons (Fsp3) is 0.600. The monoisotopic (exact) mass is 266 g/mol. The number of benzene rings is 1. The van der Waals surface area contributed by atoms with Crippen LogP contribution in [0.2, 0.25) is 0 Å². The van der Waals surface area contributed by atoms with Crippen LogP contribution >= 0.6 is 0 Å². The molecule has 1 aromatic carbocycles. The largest absolute Gasteiger partial charge is 0.496 e. The zero-order valence-electron chi connectivity index (χ0n) is 12.5. The highest BCUT2D eigenvalue weighted by molar-refractivity contribution is 5.36. The summed E-state index contributed by atoms with van der Waals surface area (Å²) in [5, 5.41) is 3.37. The summed E-state index contributed by atoms with van der Waals surface area (Å²) < 4.78 is 10.9. The molecule has 0 heterocycles. The lowest BCUT2D eigenvalue weighted by atomic mass is 10.1. The molecule has 0 aliphatic carbocycles. The second kappa shape index (κ2) is 8.91. The molecule has 0 spiro atoms. The van der Waals surface area contributed by atoms with Crippen molar-refractivity contribution in [1.82, 2.24) is 10.2 Å². The van der Waals surface area contributed by atoms with Gasteiger partial charge in [0.05, 0.1) is 20.3 Å². The second-order valence-corrected chi connectivity index (χ2v) is 4.91. The zero-order valence-corrected chi connectivity index (χ0v) is 12.5. The smallest absolute Gasteiger partial charge is 0.123 e. The molecule has 0 aliphatic heterocycles. The predicted octanol–water partition coefficient (Wildman–Crippen LogP) is 1.67. The maximum absolute atomic E-state index is 5.53. The number of aryl methyl sites for hydroxylation is 1. The van der Waals surface area contributed by atoms with Crippen molar-refractivity contribution < 1.29 is 9.47 Å². The average Bonchev–Trinajstić information content (AvgIpc) is 2.37. The van der Waals surface area contributed by atoms with Gasteiger partial charge < -0.3 is 19.7 Å². The summed E-state index contributed by atoms with van der Waals surface area (Å²) in [4.78, 5) is 2.12. The van der Waals surface area contributed by atoms with Crippen LogP contribution in [0.1, 0.15) is 11.1 Å². The van der Waals surface area contributed by atoms with E-state index >= 15 is 0 Å². The Bertz CT molecular complexity index is 367. The number of hydrogen-bond acceptors (Lipinski definition) is 4. The molecule has 0 aromatic heterocycles. The highest BCUT2D eigenvalue weighted by atomic mass is 16.5. The van der Waals surface area contributed by atoms with Crippen LogP contribution in [0.15, 0.2) is 18.2 Å². The predicted molar refractivity (Wildman–Crippen MR) is 78.8 cm³/mol. The Kier molecular flexibility index (Phi) is 7.48. The average molecular weight is 266 g/mol. The first-order valence-electron chi connectivity index (χ1n) is 6.70. The molecule has 19 heavy (non-hydrogen) atoms. The van der Waals surface area contributed by atoms with Crippen molar-refractivity contribution in [3.8, 4) is 5.75 Å². The van der Waals surface area contributed by atoms with Gasteiger partial charge in [-0.1, -0.05) is 17.7 Å². The fourth-order valence-corrected chi connectivity index (χ4v) is 1.76. The number of nitrogens with one attached hydrogen (secondary N) is 1. The topological polar surface area (TPSA) is 33.7 Å². The van der Waals surface area contributed by atoms with Crippen LogP contribution in [0.25, 0.3) is 0 Å². The first kappa shape index (κ1) is 16.0. The van der Waals surface area contributed by atoms with Gasteiger partial charge >= 0.3 is 0 Å². The Balaban J connectivity index is 2.20.